The maximum atomic E-state index is 13.7. The summed E-state index contributed by atoms with van der Waals surface area (Å²) in [5.41, 5.74) is 0.221. The van der Waals surface area contributed by atoms with Gasteiger partial charge in [-0.2, -0.15) is 0 Å². The van der Waals surface area contributed by atoms with E-state index in [0.717, 1.165) is 49.8 Å². The predicted molar refractivity (Wildman–Crippen MR) is 77.2 cm³/mol. The van der Waals surface area contributed by atoms with Crippen molar-refractivity contribution >= 4 is 17.2 Å². The minimum atomic E-state index is -0.665. The molecule has 3 nitrogen and oxygen atoms in total. The van der Waals surface area contributed by atoms with Crippen molar-refractivity contribution in [1.29, 1.82) is 0 Å². The highest BCUT2D eigenvalue weighted by atomic mass is 32.1. The molecule has 1 fully saturated rings. The van der Waals surface area contributed by atoms with E-state index in [1.54, 1.807) is 0 Å². The topological polar surface area (TPSA) is 33.2 Å². The molecule has 3 rings (SSSR count). The molecule has 1 aromatic carbocycles. The van der Waals surface area contributed by atoms with E-state index in [1.165, 1.54) is 18.3 Å². The third-order valence-corrected chi connectivity index (χ3v) is 4.54. The van der Waals surface area contributed by atoms with Crippen LogP contribution in [0.15, 0.2) is 24.4 Å². The average Bonchev–Trinajstić information content (AvgIpc) is 2.97. The molecular weight excluding hydrogens is 294 g/mol. The Morgan fingerprint density at radius 3 is 2.67 bits per heavy atom. The van der Waals surface area contributed by atoms with Crippen molar-refractivity contribution in [3.05, 3.63) is 40.9 Å². The van der Waals surface area contributed by atoms with Gasteiger partial charge in [-0.3, -0.25) is 4.79 Å². The number of hydrogen-bond acceptors (Lipinski definition) is 3. The summed E-state index contributed by atoms with van der Waals surface area (Å²) in [6.45, 7) is 1.52. The van der Waals surface area contributed by atoms with Crippen LogP contribution in [0.3, 0.4) is 0 Å². The van der Waals surface area contributed by atoms with Gasteiger partial charge in [0.1, 0.15) is 21.5 Å². The van der Waals surface area contributed by atoms with Crippen LogP contribution in [-0.2, 0) is 0 Å². The first-order valence-electron chi connectivity index (χ1n) is 6.85. The zero-order valence-corrected chi connectivity index (χ0v) is 12.1. The molecule has 1 aromatic heterocycles. The highest BCUT2D eigenvalue weighted by Gasteiger charge is 2.21. The fourth-order valence-corrected chi connectivity index (χ4v) is 3.32. The van der Waals surface area contributed by atoms with Gasteiger partial charge < -0.3 is 4.90 Å². The summed E-state index contributed by atoms with van der Waals surface area (Å²) >= 11 is 1.14. The van der Waals surface area contributed by atoms with Crippen LogP contribution in [-0.4, -0.2) is 28.9 Å². The lowest BCUT2D eigenvalue weighted by atomic mass is 10.1. The van der Waals surface area contributed by atoms with Gasteiger partial charge in [-0.25, -0.2) is 13.8 Å². The molecule has 110 valence electrons. The number of carbonyl (C=O) groups excluding carboxylic acids is 1. The minimum Gasteiger partial charge on any atom is -0.338 e. The predicted octanol–water partition coefficient (Wildman–Crippen LogP) is 3.71. The van der Waals surface area contributed by atoms with Gasteiger partial charge in [0.25, 0.3) is 5.91 Å². The molecule has 0 unspecified atom stereocenters. The van der Waals surface area contributed by atoms with Crippen LogP contribution >= 0.6 is 11.3 Å². The maximum Gasteiger partial charge on any atom is 0.265 e. The van der Waals surface area contributed by atoms with Gasteiger partial charge in [0.2, 0.25) is 0 Å². The lowest BCUT2D eigenvalue weighted by molar-refractivity contribution is 0.0729. The molecule has 0 aliphatic carbocycles. The number of thiazole rings is 1. The van der Waals surface area contributed by atoms with Crippen molar-refractivity contribution in [2.75, 3.05) is 13.1 Å². The third-order valence-electron chi connectivity index (χ3n) is 3.52. The number of carbonyl (C=O) groups is 1. The van der Waals surface area contributed by atoms with Crippen molar-refractivity contribution in [3.63, 3.8) is 0 Å². The average molecular weight is 308 g/mol. The van der Waals surface area contributed by atoms with Gasteiger partial charge in [-0.1, -0.05) is 0 Å². The molecular formula is C15H14F2N2OS. The SMILES string of the molecule is O=C(c1cnc(-c2ccc(F)cc2F)s1)N1CCCCC1. The molecule has 1 saturated heterocycles. The molecule has 0 atom stereocenters. The number of amides is 1. The highest BCUT2D eigenvalue weighted by Crippen LogP contribution is 2.29. The second-order valence-corrected chi connectivity index (χ2v) is 6.04. The minimum absolute atomic E-state index is 0.0547. The molecule has 0 bridgehead atoms. The molecule has 0 radical (unpaired) electrons. The molecule has 21 heavy (non-hydrogen) atoms. The molecule has 2 aromatic rings. The fraction of sp³-hybridized carbons (Fsp3) is 0.333. The normalized spacial score (nSPS) is 15.2. The van der Waals surface area contributed by atoms with Gasteiger partial charge in [0.15, 0.2) is 0 Å². The van der Waals surface area contributed by atoms with E-state index in [0.29, 0.717) is 9.88 Å². The van der Waals surface area contributed by atoms with Gasteiger partial charge in [0, 0.05) is 24.7 Å². The van der Waals surface area contributed by atoms with E-state index in [1.807, 2.05) is 4.90 Å². The van der Waals surface area contributed by atoms with Gasteiger partial charge in [-0.05, 0) is 31.4 Å². The number of piperidine rings is 1. The zero-order chi connectivity index (χ0) is 14.8. The van der Waals surface area contributed by atoms with Crippen molar-refractivity contribution in [2.24, 2.45) is 0 Å². The second-order valence-electron chi connectivity index (χ2n) is 5.01. The maximum absolute atomic E-state index is 13.7. The number of aromatic nitrogens is 1. The van der Waals surface area contributed by atoms with Gasteiger partial charge in [-0.15, -0.1) is 11.3 Å². The smallest absolute Gasteiger partial charge is 0.265 e. The summed E-state index contributed by atoms with van der Waals surface area (Å²) in [5, 5.41) is 0.396. The highest BCUT2D eigenvalue weighted by molar-refractivity contribution is 7.16. The van der Waals surface area contributed by atoms with E-state index in [-0.39, 0.29) is 11.5 Å². The van der Waals surface area contributed by atoms with E-state index >= 15 is 0 Å². The molecule has 0 N–H and O–H groups in total. The second kappa shape index (κ2) is 5.89. The summed E-state index contributed by atoms with van der Waals surface area (Å²) in [5.74, 6) is -1.35. The third kappa shape index (κ3) is 2.95. The Morgan fingerprint density at radius 2 is 1.95 bits per heavy atom. The van der Waals surface area contributed by atoms with Crippen molar-refractivity contribution < 1.29 is 13.6 Å². The Balaban J connectivity index is 1.84. The molecule has 1 aliphatic rings. The van der Waals surface area contributed by atoms with Gasteiger partial charge >= 0.3 is 0 Å². The van der Waals surface area contributed by atoms with Crippen molar-refractivity contribution in [2.45, 2.75) is 19.3 Å². The van der Waals surface area contributed by atoms with Crippen LogP contribution in [0.4, 0.5) is 8.78 Å². The largest absolute Gasteiger partial charge is 0.338 e. The van der Waals surface area contributed by atoms with Crippen molar-refractivity contribution in [1.82, 2.24) is 9.88 Å². The van der Waals surface area contributed by atoms with E-state index in [4.69, 9.17) is 0 Å². The lowest BCUT2D eigenvalue weighted by Crippen LogP contribution is -2.35. The summed E-state index contributed by atoms with van der Waals surface area (Å²) in [4.78, 5) is 18.7. The first kappa shape index (κ1) is 14.1. The van der Waals surface area contributed by atoms with Crippen LogP contribution in [0.2, 0.25) is 0 Å². The van der Waals surface area contributed by atoms with Crippen LogP contribution in [0.5, 0.6) is 0 Å². The number of nitrogens with zero attached hydrogens (tertiary/aromatic N) is 2. The quantitative estimate of drug-likeness (QED) is 0.847. The van der Waals surface area contributed by atoms with Crippen LogP contribution in [0.25, 0.3) is 10.6 Å². The zero-order valence-electron chi connectivity index (χ0n) is 11.3. The first-order chi connectivity index (χ1) is 10.1. The summed E-state index contributed by atoms with van der Waals surface area (Å²) in [6, 6.07) is 3.35. The van der Waals surface area contributed by atoms with Crippen LogP contribution in [0, 0.1) is 11.6 Å². The molecule has 1 amide bonds. The van der Waals surface area contributed by atoms with Crippen LogP contribution < -0.4 is 0 Å². The van der Waals surface area contributed by atoms with Gasteiger partial charge in [0.05, 0.1) is 6.20 Å². The van der Waals surface area contributed by atoms with E-state index < -0.39 is 11.6 Å². The summed E-state index contributed by atoms with van der Waals surface area (Å²) in [6.07, 6.45) is 4.66. The summed E-state index contributed by atoms with van der Waals surface area (Å²) < 4.78 is 26.7. The molecule has 0 saturated carbocycles. The number of rotatable bonds is 2. The Hall–Kier alpha value is -1.82. The number of hydrogen-bond donors (Lipinski definition) is 0. The van der Waals surface area contributed by atoms with Crippen LogP contribution in [0.1, 0.15) is 28.9 Å². The van der Waals surface area contributed by atoms with E-state index in [9.17, 15) is 13.6 Å². The first-order valence-corrected chi connectivity index (χ1v) is 7.67. The Morgan fingerprint density at radius 1 is 1.19 bits per heavy atom. The molecule has 2 heterocycles. The number of halogens is 2. The Labute approximate surface area is 125 Å². The summed E-state index contributed by atoms with van der Waals surface area (Å²) in [7, 11) is 0. The number of likely N-dealkylation sites (tertiary alicyclic amines) is 1. The molecule has 6 heteroatoms. The standard InChI is InChI=1S/C15H14F2N2OS/c16-10-4-5-11(12(17)8-10)14-18-9-13(21-14)15(20)19-6-2-1-3-7-19/h4-5,8-9H,1-3,6-7H2. The molecule has 0 spiro atoms. The Kier molecular flexibility index (Phi) is 3.96. The monoisotopic (exact) mass is 308 g/mol. The lowest BCUT2D eigenvalue weighted by Gasteiger charge is -2.25. The van der Waals surface area contributed by atoms with E-state index in [2.05, 4.69) is 4.98 Å². The fourth-order valence-electron chi connectivity index (χ4n) is 2.41. The number of benzene rings is 1. The Bertz CT molecular complexity index is 665. The van der Waals surface area contributed by atoms with Crippen molar-refractivity contribution in [3.8, 4) is 10.6 Å². The molecule has 1 aliphatic heterocycles.